The van der Waals surface area contributed by atoms with Crippen LogP contribution in [0.5, 0.6) is 0 Å². The van der Waals surface area contributed by atoms with Gasteiger partial charge in [-0.15, -0.1) is 21.5 Å². The number of piperidine rings is 1. The van der Waals surface area contributed by atoms with Crippen LogP contribution in [-0.2, 0) is 18.4 Å². The lowest BCUT2D eigenvalue weighted by Gasteiger charge is -2.31. The van der Waals surface area contributed by atoms with E-state index < -0.39 is 0 Å². The lowest BCUT2D eigenvalue weighted by molar-refractivity contribution is -0.134. The van der Waals surface area contributed by atoms with Gasteiger partial charge in [0.25, 0.3) is 5.56 Å². The highest BCUT2D eigenvalue weighted by Crippen LogP contribution is 2.22. The monoisotopic (exact) mass is 374 g/mol. The predicted molar refractivity (Wildman–Crippen MR) is 100 cm³/mol. The Bertz CT molecular complexity index is 1030. The van der Waals surface area contributed by atoms with E-state index in [1.165, 1.54) is 11.3 Å². The summed E-state index contributed by atoms with van der Waals surface area (Å²) >= 11 is 1.44. The molecule has 0 bridgehead atoms. The molecule has 0 unspecified atom stereocenters. The third-order valence-electron chi connectivity index (χ3n) is 5.14. The Hall–Kier alpha value is -2.26. The Morgan fingerprint density at radius 2 is 2.04 bits per heavy atom. The summed E-state index contributed by atoms with van der Waals surface area (Å²) in [5, 5.41) is 10.5. The number of carbonyl (C=O) groups excluding carboxylic acids is 1. The number of aryl methyl sites for hydroxylation is 1. The van der Waals surface area contributed by atoms with E-state index in [2.05, 4.69) is 15.1 Å². The average molecular weight is 374 g/mol. The number of aromatic nitrogens is 4. The predicted octanol–water partition coefficient (Wildman–Crippen LogP) is 0.943. The summed E-state index contributed by atoms with van der Waals surface area (Å²) in [5.74, 6) is 1.72. The minimum atomic E-state index is -0.0375. The van der Waals surface area contributed by atoms with Gasteiger partial charge in [0.2, 0.25) is 11.7 Å². The molecule has 138 valence electrons. The third kappa shape index (κ3) is 2.71. The minimum Gasteiger partial charge on any atom is -0.349 e. The number of hydrogen-bond acceptors (Lipinski definition) is 6. The maximum Gasteiger partial charge on any atom is 0.272 e. The fraction of sp³-hybridized carbons (Fsp3) is 0.529. The van der Waals surface area contributed by atoms with E-state index in [0.29, 0.717) is 12.3 Å². The maximum atomic E-state index is 12.4. The molecule has 1 aliphatic rings. The summed E-state index contributed by atoms with van der Waals surface area (Å²) in [6, 6.07) is 1.95. The Kier molecular flexibility index (Phi) is 4.28. The summed E-state index contributed by atoms with van der Waals surface area (Å²) in [7, 11) is 5.36. The summed E-state index contributed by atoms with van der Waals surface area (Å²) in [6.07, 6.45) is 1.72. The summed E-state index contributed by atoms with van der Waals surface area (Å²) in [5.41, 5.74) is 0.829. The normalized spacial score (nSPS) is 16.6. The minimum absolute atomic E-state index is 0.0375. The molecule has 0 radical (unpaired) electrons. The molecule has 0 aromatic carbocycles. The number of amides is 1. The topological polar surface area (TPSA) is 75.7 Å². The van der Waals surface area contributed by atoms with Gasteiger partial charge in [0.05, 0.1) is 12.1 Å². The van der Waals surface area contributed by atoms with Crippen molar-refractivity contribution in [2.24, 2.45) is 13.0 Å². The number of nitrogens with zero attached hydrogens (tertiary/aromatic N) is 6. The smallest absolute Gasteiger partial charge is 0.272 e. The average Bonchev–Trinajstić information content (AvgIpc) is 3.26. The van der Waals surface area contributed by atoms with Crippen LogP contribution in [0, 0.1) is 5.92 Å². The Morgan fingerprint density at radius 3 is 2.73 bits per heavy atom. The fourth-order valence-electron chi connectivity index (χ4n) is 3.66. The number of rotatable bonds is 3. The molecule has 4 heterocycles. The Balaban J connectivity index is 1.60. The first kappa shape index (κ1) is 17.2. The van der Waals surface area contributed by atoms with E-state index in [-0.39, 0.29) is 17.4 Å². The van der Waals surface area contributed by atoms with Crippen molar-refractivity contribution >= 4 is 33.2 Å². The molecule has 0 atom stereocenters. The number of likely N-dealkylation sites (tertiary alicyclic amines) is 1. The number of hydrogen-bond donors (Lipinski definition) is 0. The van der Waals surface area contributed by atoms with Gasteiger partial charge in [-0.2, -0.15) is 0 Å². The number of fused-ring (bicyclic) bond motifs is 3. The van der Waals surface area contributed by atoms with Gasteiger partial charge >= 0.3 is 0 Å². The number of carbonyl (C=O) groups is 1. The Morgan fingerprint density at radius 1 is 1.31 bits per heavy atom. The fourth-order valence-corrected chi connectivity index (χ4v) is 4.51. The van der Waals surface area contributed by atoms with Crippen molar-refractivity contribution < 1.29 is 4.79 Å². The highest BCUT2D eigenvalue weighted by atomic mass is 32.1. The van der Waals surface area contributed by atoms with Crippen LogP contribution in [0.15, 0.2) is 16.2 Å². The van der Waals surface area contributed by atoms with Crippen LogP contribution >= 0.6 is 11.3 Å². The lowest BCUT2D eigenvalue weighted by atomic mass is 9.95. The van der Waals surface area contributed by atoms with Gasteiger partial charge in [0, 0.05) is 27.1 Å². The van der Waals surface area contributed by atoms with E-state index in [1.54, 1.807) is 16.5 Å². The van der Waals surface area contributed by atoms with Crippen molar-refractivity contribution in [2.45, 2.75) is 19.4 Å². The maximum absolute atomic E-state index is 12.4. The molecule has 3 aromatic heterocycles. The standard InChI is InChI=1S/C17H22N6O2S/c1-20(2)15(24)11-4-7-22(8-5-11)10-13-18-19-17-21(3)16(25)14-12(23(13)17)6-9-26-14/h6,9,11H,4-5,7-8,10H2,1-3H3. The summed E-state index contributed by atoms with van der Waals surface area (Å²) in [6.45, 7) is 2.38. The van der Waals surface area contributed by atoms with Crippen molar-refractivity contribution in [3.63, 3.8) is 0 Å². The van der Waals surface area contributed by atoms with Gasteiger partial charge in [-0.05, 0) is 37.4 Å². The quantitative estimate of drug-likeness (QED) is 0.682. The number of thiophene rings is 1. The van der Waals surface area contributed by atoms with Crippen LogP contribution in [0.4, 0.5) is 0 Å². The van der Waals surface area contributed by atoms with Crippen LogP contribution in [0.1, 0.15) is 18.7 Å². The lowest BCUT2D eigenvalue weighted by Crippen LogP contribution is -2.40. The molecule has 4 rings (SSSR count). The zero-order valence-electron chi connectivity index (χ0n) is 15.2. The van der Waals surface area contributed by atoms with Crippen molar-refractivity contribution in [2.75, 3.05) is 27.2 Å². The van der Waals surface area contributed by atoms with Crippen molar-refractivity contribution in [3.05, 3.63) is 27.6 Å². The van der Waals surface area contributed by atoms with E-state index in [0.717, 1.165) is 42.0 Å². The highest BCUT2D eigenvalue weighted by molar-refractivity contribution is 7.17. The van der Waals surface area contributed by atoms with Crippen LogP contribution < -0.4 is 5.56 Å². The molecule has 0 spiro atoms. The second kappa shape index (κ2) is 6.48. The molecule has 0 saturated carbocycles. The van der Waals surface area contributed by atoms with E-state index >= 15 is 0 Å². The van der Waals surface area contributed by atoms with Crippen LogP contribution in [0.2, 0.25) is 0 Å². The van der Waals surface area contributed by atoms with Gasteiger partial charge in [0.1, 0.15) is 4.70 Å². The van der Waals surface area contributed by atoms with Gasteiger partial charge in [-0.3, -0.25) is 23.5 Å². The molecule has 0 aliphatic carbocycles. The van der Waals surface area contributed by atoms with E-state index in [4.69, 9.17) is 0 Å². The Labute approximate surface area is 154 Å². The highest BCUT2D eigenvalue weighted by Gasteiger charge is 2.27. The largest absolute Gasteiger partial charge is 0.349 e. The van der Waals surface area contributed by atoms with Gasteiger partial charge in [0.15, 0.2) is 5.82 Å². The second-order valence-corrected chi connectivity index (χ2v) is 7.95. The molecule has 26 heavy (non-hydrogen) atoms. The SMILES string of the molecule is CN(C)C(=O)C1CCN(Cc2nnc3n(C)c(=O)c4sccc4n23)CC1. The van der Waals surface area contributed by atoms with Gasteiger partial charge < -0.3 is 4.90 Å². The third-order valence-corrected chi connectivity index (χ3v) is 6.03. The van der Waals surface area contributed by atoms with E-state index in [9.17, 15) is 9.59 Å². The van der Waals surface area contributed by atoms with Crippen LogP contribution in [0.3, 0.4) is 0 Å². The molecule has 1 amide bonds. The first-order chi connectivity index (χ1) is 12.5. The van der Waals surface area contributed by atoms with E-state index in [1.807, 2.05) is 29.9 Å². The van der Waals surface area contributed by atoms with Crippen LogP contribution in [-0.4, -0.2) is 62.1 Å². The molecule has 0 N–H and O–H groups in total. The summed E-state index contributed by atoms with van der Waals surface area (Å²) < 4.78 is 4.25. The molecule has 1 saturated heterocycles. The molecule has 1 aliphatic heterocycles. The molecule has 9 heteroatoms. The zero-order valence-corrected chi connectivity index (χ0v) is 16.0. The van der Waals surface area contributed by atoms with Crippen LogP contribution in [0.25, 0.3) is 16.0 Å². The molecular formula is C17H22N6O2S. The summed E-state index contributed by atoms with van der Waals surface area (Å²) in [4.78, 5) is 28.5. The molecule has 8 nitrogen and oxygen atoms in total. The first-order valence-electron chi connectivity index (χ1n) is 8.71. The first-order valence-corrected chi connectivity index (χ1v) is 9.59. The van der Waals surface area contributed by atoms with Crippen molar-refractivity contribution in [1.29, 1.82) is 0 Å². The zero-order chi connectivity index (χ0) is 18.4. The molecule has 3 aromatic rings. The second-order valence-electron chi connectivity index (χ2n) is 7.03. The molecular weight excluding hydrogens is 352 g/mol. The van der Waals surface area contributed by atoms with Gasteiger partial charge in [-0.1, -0.05) is 0 Å². The van der Waals surface area contributed by atoms with Crippen molar-refractivity contribution in [1.82, 2.24) is 29.0 Å². The molecule has 1 fully saturated rings. The van der Waals surface area contributed by atoms with Crippen molar-refractivity contribution in [3.8, 4) is 0 Å². The van der Waals surface area contributed by atoms with Gasteiger partial charge in [-0.25, -0.2) is 0 Å².